The fourth-order valence-corrected chi connectivity index (χ4v) is 2.94. The van der Waals surface area contributed by atoms with E-state index in [2.05, 4.69) is 58.6 Å². The molecule has 1 fully saturated rings. The fourth-order valence-electron chi connectivity index (χ4n) is 2.94. The maximum atomic E-state index is 4.68. The summed E-state index contributed by atoms with van der Waals surface area (Å²) >= 11 is 0. The largest absolute Gasteiger partial charge is 0.357 e. The molecule has 0 spiro atoms. The number of hydrogen-bond acceptors (Lipinski definition) is 2. The first-order chi connectivity index (χ1) is 10.8. The highest BCUT2D eigenvalue weighted by Crippen LogP contribution is 2.15. The Bertz CT molecular complexity index is 444. The van der Waals surface area contributed by atoms with E-state index >= 15 is 0 Å². The van der Waals surface area contributed by atoms with Crippen molar-refractivity contribution in [2.75, 3.05) is 32.7 Å². The van der Waals surface area contributed by atoms with Gasteiger partial charge in [0.05, 0.1) is 6.54 Å². The van der Waals surface area contributed by atoms with Crippen molar-refractivity contribution in [1.29, 1.82) is 0 Å². The van der Waals surface area contributed by atoms with Gasteiger partial charge in [-0.3, -0.25) is 0 Å². The van der Waals surface area contributed by atoms with Crippen molar-refractivity contribution in [3.8, 4) is 0 Å². The predicted molar refractivity (Wildman–Crippen MR) is 94.1 cm³/mol. The maximum absolute atomic E-state index is 4.68. The minimum Gasteiger partial charge on any atom is -0.357 e. The summed E-state index contributed by atoms with van der Waals surface area (Å²) in [5, 5.41) is 6.85. The molecule has 4 heteroatoms. The third kappa shape index (κ3) is 5.68. The summed E-state index contributed by atoms with van der Waals surface area (Å²) in [4.78, 5) is 7.25. The fraction of sp³-hybridized carbons (Fsp3) is 0.611. The van der Waals surface area contributed by atoms with Gasteiger partial charge in [0.2, 0.25) is 0 Å². The highest BCUT2D eigenvalue weighted by atomic mass is 15.2. The van der Waals surface area contributed by atoms with E-state index in [0.29, 0.717) is 0 Å². The van der Waals surface area contributed by atoms with Gasteiger partial charge in [-0.15, -0.1) is 0 Å². The molecule has 0 saturated carbocycles. The molecule has 2 N–H and O–H groups in total. The predicted octanol–water partition coefficient (Wildman–Crippen LogP) is 2.47. The SMILES string of the molecule is CCCN1CCC(CNC(=NCc2ccccc2)NCC)C1. The molecule has 1 atom stereocenters. The molecule has 1 aliphatic heterocycles. The Morgan fingerprint density at radius 1 is 1.23 bits per heavy atom. The number of hydrogen-bond donors (Lipinski definition) is 2. The van der Waals surface area contributed by atoms with E-state index in [-0.39, 0.29) is 0 Å². The summed E-state index contributed by atoms with van der Waals surface area (Å²) in [6.07, 6.45) is 2.55. The molecule has 0 aromatic heterocycles. The molecule has 1 aromatic rings. The lowest BCUT2D eigenvalue weighted by atomic mass is 10.1. The van der Waals surface area contributed by atoms with E-state index < -0.39 is 0 Å². The Morgan fingerprint density at radius 3 is 2.77 bits per heavy atom. The number of likely N-dealkylation sites (tertiary alicyclic amines) is 1. The Labute approximate surface area is 135 Å². The quantitative estimate of drug-likeness (QED) is 0.600. The summed E-state index contributed by atoms with van der Waals surface area (Å²) in [7, 11) is 0. The molecule has 4 nitrogen and oxygen atoms in total. The van der Waals surface area contributed by atoms with Crippen LogP contribution >= 0.6 is 0 Å². The molecule has 1 aromatic carbocycles. The van der Waals surface area contributed by atoms with Crippen LogP contribution in [-0.2, 0) is 6.54 Å². The van der Waals surface area contributed by atoms with Crippen molar-refractivity contribution in [2.45, 2.75) is 33.2 Å². The Morgan fingerprint density at radius 2 is 2.05 bits per heavy atom. The minimum absolute atomic E-state index is 0.725. The van der Waals surface area contributed by atoms with Crippen LogP contribution in [0, 0.1) is 5.92 Å². The molecule has 2 rings (SSSR count). The zero-order valence-corrected chi connectivity index (χ0v) is 14.0. The van der Waals surface area contributed by atoms with Crippen molar-refractivity contribution in [1.82, 2.24) is 15.5 Å². The first-order valence-electron chi connectivity index (χ1n) is 8.60. The molecule has 0 amide bonds. The van der Waals surface area contributed by atoms with Crippen LogP contribution in [0.3, 0.4) is 0 Å². The highest BCUT2D eigenvalue weighted by molar-refractivity contribution is 5.79. The average Bonchev–Trinajstić information content (AvgIpc) is 2.99. The molecular weight excluding hydrogens is 272 g/mol. The molecular formula is C18H30N4. The second kappa shape index (κ2) is 9.46. The van der Waals surface area contributed by atoms with Crippen LogP contribution in [0.5, 0.6) is 0 Å². The van der Waals surface area contributed by atoms with E-state index in [1.807, 2.05) is 6.07 Å². The lowest BCUT2D eigenvalue weighted by molar-refractivity contribution is 0.324. The Hall–Kier alpha value is -1.55. The van der Waals surface area contributed by atoms with E-state index in [1.54, 1.807) is 0 Å². The number of guanidine groups is 1. The van der Waals surface area contributed by atoms with E-state index in [4.69, 9.17) is 0 Å². The Balaban J connectivity index is 1.79. The van der Waals surface area contributed by atoms with Crippen LogP contribution in [0.1, 0.15) is 32.3 Å². The normalized spacial score (nSPS) is 19.4. The third-order valence-corrected chi connectivity index (χ3v) is 4.07. The molecule has 0 radical (unpaired) electrons. The van der Waals surface area contributed by atoms with Gasteiger partial charge in [-0.25, -0.2) is 4.99 Å². The highest BCUT2D eigenvalue weighted by Gasteiger charge is 2.21. The van der Waals surface area contributed by atoms with Crippen LogP contribution in [0.2, 0.25) is 0 Å². The zero-order valence-electron chi connectivity index (χ0n) is 14.0. The monoisotopic (exact) mass is 302 g/mol. The number of benzene rings is 1. The van der Waals surface area contributed by atoms with Gasteiger partial charge in [-0.05, 0) is 44.3 Å². The molecule has 0 aliphatic carbocycles. The van der Waals surface area contributed by atoms with Gasteiger partial charge in [0.25, 0.3) is 0 Å². The van der Waals surface area contributed by atoms with Crippen LogP contribution in [0.4, 0.5) is 0 Å². The first-order valence-corrected chi connectivity index (χ1v) is 8.60. The summed E-state index contributed by atoms with van der Waals surface area (Å²) in [5.41, 5.74) is 1.25. The smallest absolute Gasteiger partial charge is 0.191 e. The van der Waals surface area contributed by atoms with Crippen LogP contribution < -0.4 is 10.6 Å². The molecule has 1 aliphatic rings. The lowest BCUT2D eigenvalue weighted by Crippen LogP contribution is -2.40. The van der Waals surface area contributed by atoms with Crippen molar-refractivity contribution in [3.05, 3.63) is 35.9 Å². The third-order valence-electron chi connectivity index (χ3n) is 4.07. The summed E-state index contributed by atoms with van der Waals surface area (Å²) < 4.78 is 0. The minimum atomic E-state index is 0.725. The summed E-state index contributed by atoms with van der Waals surface area (Å²) in [6, 6.07) is 10.4. The second-order valence-electron chi connectivity index (χ2n) is 6.02. The van der Waals surface area contributed by atoms with Gasteiger partial charge < -0.3 is 15.5 Å². The van der Waals surface area contributed by atoms with E-state index in [1.165, 1.54) is 38.0 Å². The van der Waals surface area contributed by atoms with Gasteiger partial charge in [0, 0.05) is 19.6 Å². The van der Waals surface area contributed by atoms with Crippen molar-refractivity contribution < 1.29 is 0 Å². The molecule has 22 heavy (non-hydrogen) atoms. The standard InChI is InChI=1S/C18H30N4/c1-3-11-22-12-10-17(15-22)14-21-18(19-4-2)20-13-16-8-6-5-7-9-16/h5-9,17H,3-4,10-15H2,1-2H3,(H2,19,20,21). The average molecular weight is 302 g/mol. The van der Waals surface area contributed by atoms with Gasteiger partial charge >= 0.3 is 0 Å². The molecule has 122 valence electrons. The van der Waals surface area contributed by atoms with Crippen molar-refractivity contribution in [2.24, 2.45) is 10.9 Å². The van der Waals surface area contributed by atoms with Crippen molar-refractivity contribution >= 4 is 5.96 Å². The second-order valence-corrected chi connectivity index (χ2v) is 6.02. The number of nitrogens with one attached hydrogen (secondary N) is 2. The first kappa shape index (κ1) is 16.8. The van der Waals surface area contributed by atoms with Gasteiger partial charge in [-0.1, -0.05) is 37.3 Å². The number of rotatable bonds is 7. The van der Waals surface area contributed by atoms with Crippen molar-refractivity contribution in [3.63, 3.8) is 0 Å². The molecule has 1 unspecified atom stereocenters. The summed E-state index contributed by atoms with van der Waals surface area (Å²) in [5.74, 6) is 1.67. The van der Waals surface area contributed by atoms with Crippen LogP contribution in [0.25, 0.3) is 0 Å². The lowest BCUT2D eigenvalue weighted by Gasteiger charge is -2.17. The Kier molecular flexibility index (Phi) is 7.23. The number of nitrogens with zero attached hydrogens (tertiary/aromatic N) is 2. The zero-order chi connectivity index (χ0) is 15.6. The van der Waals surface area contributed by atoms with E-state index in [0.717, 1.165) is 31.5 Å². The molecule has 1 heterocycles. The number of aliphatic imine (C=N–C) groups is 1. The summed E-state index contributed by atoms with van der Waals surface area (Å²) in [6.45, 7) is 10.7. The van der Waals surface area contributed by atoms with E-state index in [9.17, 15) is 0 Å². The van der Waals surface area contributed by atoms with Crippen LogP contribution in [-0.4, -0.2) is 43.6 Å². The van der Waals surface area contributed by atoms with Gasteiger partial charge in [-0.2, -0.15) is 0 Å². The topological polar surface area (TPSA) is 39.7 Å². The molecule has 0 bridgehead atoms. The van der Waals surface area contributed by atoms with Crippen LogP contribution in [0.15, 0.2) is 35.3 Å². The van der Waals surface area contributed by atoms with Gasteiger partial charge in [0.1, 0.15) is 0 Å². The van der Waals surface area contributed by atoms with Gasteiger partial charge in [0.15, 0.2) is 5.96 Å². The molecule has 1 saturated heterocycles. The maximum Gasteiger partial charge on any atom is 0.191 e.